The maximum Gasteiger partial charge on any atom is 0.313 e. The average molecular weight is 342 g/mol. The quantitative estimate of drug-likeness (QED) is 0.624. The molecule has 0 N–H and O–H groups in total. The molecule has 0 unspecified atom stereocenters. The summed E-state index contributed by atoms with van der Waals surface area (Å²) in [5.41, 5.74) is 2.00. The lowest BCUT2D eigenvalue weighted by atomic mass is 9.65. The van der Waals surface area contributed by atoms with Crippen molar-refractivity contribution in [3.8, 4) is 0 Å². The van der Waals surface area contributed by atoms with Gasteiger partial charge in [0.2, 0.25) is 0 Å². The first-order valence-electron chi connectivity index (χ1n) is 8.84. The fourth-order valence-electron chi connectivity index (χ4n) is 4.40. The zero-order valence-electron chi connectivity index (χ0n) is 14.2. The lowest BCUT2D eigenvalue weighted by molar-refractivity contribution is -0.156. The van der Waals surface area contributed by atoms with Gasteiger partial charge in [-0.25, -0.2) is 0 Å². The first-order chi connectivity index (χ1) is 12.1. The second-order valence-electron chi connectivity index (χ2n) is 7.05. The maximum absolute atomic E-state index is 13.0. The smallest absolute Gasteiger partial charge is 0.313 e. The highest BCUT2D eigenvalue weighted by Crippen LogP contribution is 2.48. The molecule has 5 atom stereocenters. The molecular weight excluding hydrogens is 320 g/mol. The molecule has 2 fully saturated rings. The molecule has 25 heavy (non-hydrogen) atoms. The molecule has 1 aromatic rings. The Kier molecular flexibility index (Phi) is 4.34. The molecule has 5 heteroatoms. The van der Waals surface area contributed by atoms with Crippen molar-refractivity contribution in [2.45, 2.75) is 26.1 Å². The molecule has 0 radical (unpaired) electrons. The Labute approximate surface area is 146 Å². The van der Waals surface area contributed by atoms with Crippen LogP contribution in [0.1, 0.15) is 18.9 Å². The summed E-state index contributed by atoms with van der Waals surface area (Å²) in [4.78, 5) is 25.1. The molecule has 0 saturated carbocycles. The molecule has 1 aliphatic carbocycles. The van der Waals surface area contributed by atoms with Crippen LogP contribution in [0.2, 0.25) is 0 Å². The number of hydrogen-bond acceptors (Lipinski definition) is 5. The number of benzene rings is 1. The Balaban J connectivity index is 1.58. The normalized spacial score (nSPS) is 33.7. The van der Waals surface area contributed by atoms with E-state index in [1.54, 1.807) is 0 Å². The van der Waals surface area contributed by atoms with Gasteiger partial charge in [-0.15, -0.1) is 0 Å². The Bertz CT molecular complexity index is 695. The van der Waals surface area contributed by atoms with Gasteiger partial charge >= 0.3 is 11.9 Å². The molecule has 0 spiro atoms. The number of rotatable bonds is 3. The minimum atomic E-state index is -0.364. The third kappa shape index (κ3) is 2.97. The first kappa shape index (κ1) is 16.3. The van der Waals surface area contributed by atoms with Gasteiger partial charge < -0.3 is 14.2 Å². The van der Waals surface area contributed by atoms with Crippen LogP contribution < -0.4 is 0 Å². The number of cyclic esters (lactones) is 1. The first-order valence-corrected chi connectivity index (χ1v) is 8.84. The number of ether oxygens (including phenoxy) is 3. The zero-order chi connectivity index (χ0) is 17.4. The number of fused-ring (bicyclic) bond motifs is 2. The van der Waals surface area contributed by atoms with E-state index in [-0.39, 0.29) is 48.3 Å². The van der Waals surface area contributed by atoms with Crippen molar-refractivity contribution in [3.63, 3.8) is 0 Å². The molecule has 2 aliphatic heterocycles. The van der Waals surface area contributed by atoms with Crippen molar-refractivity contribution < 1.29 is 23.8 Å². The van der Waals surface area contributed by atoms with Gasteiger partial charge in [-0.2, -0.15) is 0 Å². The van der Waals surface area contributed by atoms with Gasteiger partial charge in [-0.05, 0) is 30.4 Å². The second-order valence-corrected chi connectivity index (χ2v) is 7.05. The monoisotopic (exact) mass is 342 g/mol. The highest BCUT2D eigenvalue weighted by Gasteiger charge is 2.54. The van der Waals surface area contributed by atoms with E-state index in [0.717, 1.165) is 17.6 Å². The van der Waals surface area contributed by atoms with E-state index in [1.807, 2.05) is 43.3 Å². The Morgan fingerprint density at radius 2 is 2.08 bits per heavy atom. The van der Waals surface area contributed by atoms with Gasteiger partial charge in [0, 0.05) is 12.5 Å². The molecule has 3 aliphatic rings. The van der Waals surface area contributed by atoms with Crippen LogP contribution in [0.3, 0.4) is 0 Å². The highest BCUT2D eigenvalue weighted by molar-refractivity contribution is 5.82. The summed E-state index contributed by atoms with van der Waals surface area (Å²) in [6.07, 6.45) is 2.48. The summed E-state index contributed by atoms with van der Waals surface area (Å²) >= 11 is 0. The van der Waals surface area contributed by atoms with Crippen molar-refractivity contribution in [2.75, 3.05) is 13.2 Å². The SMILES string of the molecule is C[C@H]1OC(=O)[C@@H]2C=C3COCC[C@H]3[C@H](C(=O)OCc3ccccc3)[C@H]12. The van der Waals surface area contributed by atoms with Gasteiger partial charge in [-0.3, -0.25) is 9.59 Å². The van der Waals surface area contributed by atoms with Gasteiger partial charge in [0.25, 0.3) is 0 Å². The van der Waals surface area contributed by atoms with E-state index >= 15 is 0 Å². The fraction of sp³-hybridized carbons (Fsp3) is 0.500. The van der Waals surface area contributed by atoms with Crippen LogP contribution in [0, 0.1) is 23.7 Å². The van der Waals surface area contributed by atoms with E-state index in [4.69, 9.17) is 14.2 Å². The number of esters is 2. The zero-order valence-corrected chi connectivity index (χ0v) is 14.2. The molecule has 2 heterocycles. The summed E-state index contributed by atoms with van der Waals surface area (Å²) in [6.45, 7) is 3.24. The Morgan fingerprint density at radius 1 is 1.28 bits per heavy atom. The van der Waals surface area contributed by atoms with Crippen LogP contribution in [-0.4, -0.2) is 31.3 Å². The van der Waals surface area contributed by atoms with Crippen molar-refractivity contribution in [3.05, 3.63) is 47.5 Å². The van der Waals surface area contributed by atoms with Crippen LogP contribution in [-0.2, 0) is 30.4 Å². The van der Waals surface area contributed by atoms with Gasteiger partial charge in [0.15, 0.2) is 0 Å². The summed E-state index contributed by atoms with van der Waals surface area (Å²) in [5, 5.41) is 0. The van der Waals surface area contributed by atoms with Crippen LogP contribution in [0.25, 0.3) is 0 Å². The summed E-state index contributed by atoms with van der Waals surface area (Å²) in [5.74, 6) is -1.26. The number of carbonyl (C=O) groups is 2. The standard InChI is InChI=1S/C20H22O5/c1-12-17-16(19(21)25-12)9-14-11-23-8-7-15(14)18(17)20(22)24-10-13-5-3-2-4-6-13/h2-6,9,12,15-18H,7-8,10-11H2,1H3/t12-,15-,16-,17-,18+/m1/s1. The van der Waals surface area contributed by atoms with Gasteiger partial charge in [0.05, 0.1) is 18.4 Å². The van der Waals surface area contributed by atoms with Crippen molar-refractivity contribution in [2.24, 2.45) is 23.7 Å². The predicted molar refractivity (Wildman–Crippen MR) is 89.3 cm³/mol. The molecule has 5 nitrogen and oxygen atoms in total. The maximum atomic E-state index is 13.0. The van der Waals surface area contributed by atoms with E-state index in [1.165, 1.54) is 0 Å². The Morgan fingerprint density at radius 3 is 2.88 bits per heavy atom. The topological polar surface area (TPSA) is 61.8 Å². The number of carbonyl (C=O) groups excluding carboxylic acids is 2. The van der Waals surface area contributed by atoms with Crippen molar-refractivity contribution >= 4 is 11.9 Å². The largest absolute Gasteiger partial charge is 0.462 e. The molecule has 0 bridgehead atoms. The van der Waals surface area contributed by atoms with Crippen LogP contribution >= 0.6 is 0 Å². The molecular formula is C20H22O5. The molecule has 1 aromatic carbocycles. The van der Waals surface area contributed by atoms with E-state index in [9.17, 15) is 9.59 Å². The molecule has 0 aromatic heterocycles. The lowest BCUT2D eigenvalue weighted by Crippen LogP contribution is -2.44. The minimum Gasteiger partial charge on any atom is -0.462 e. The van der Waals surface area contributed by atoms with Crippen molar-refractivity contribution in [1.29, 1.82) is 0 Å². The average Bonchev–Trinajstić information content (AvgIpc) is 2.92. The van der Waals surface area contributed by atoms with Crippen LogP contribution in [0.15, 0.2) is 42.0 Å². The summed E-state index contributed by atoms with van der Waals surface area (Å²) in [7, 11) is 0. The minimum absolute atomic E-state index is 0.0789. The van der Waals surface area contributed by atoms with E-state index < -0.39 is 0 Å². The molecule has 0 amide bonds. The second kappa shape index (κ2) is 6.64. The summed E-state index contributed by atoms with van der Waals surface area (Å²) in [6, 6.07) is 9.64. The van der Waals surface area contributed by atoms with Crippen molar-refractivity contribution in [1.82, 2.24) is 0 Å². The Hall–Kier alpha value is -2.14. The fourth-order valence-corrected chi connectivity index (χ4v) is 4.40. The molecule has 132 valence electrons. The van der Waals surface area contributed by atoms with Crippen LogP contribution in [0.5, 0.6) is 0 Å². The highest BCUT2D eigenvalue weighted by atomic mass is 16.6. The van der Waals surface area contributed by atoms with E-state index in [0.29, 0.717) is 13.2 Å². The third-order valence-corrected chi connectivity index (χ3v) is 5.59. The summed E-state index contributed by atoms with van der Waals surface area (Å²) < 4.78 is 16.6. The third-order valence-electron chi connectivity index (χ3n) is 5.59. The molecule has 2 saturated heterocycles. The molecule has 4 rings (SSSR count). The predicted octanol–water partition coefficient (Wildman–Crippen LogP) is 2.50. The van der Waals surface area contributed by atoms with Crippen LogP contribution in [0.4, 0.5) is 0 Å². The number of hydrogen-bond donors (Lipinski definition) is 0. The van der Waals surface area contributed by atoms with Gasteiger partial charge in [0.1, 0.15) is 12.7 Å². The lowest BCUT2D eigenvalue weighted by Gasteiger charge is -2.40. The van der Waals surface area contributed by atoms with E-state index in [2.05, 4.69) is 0 Å². The van der Waals surface area contributed by atoms with Gasteiger partial charge in [-0.1, -0.05) is 36.4 Å².